The molecule has 0 aliphatic carbocycles. The van der Waals surface area contributed by atoms with Gasteiger partial charge >= 0.3 is 6.09 Å². The van der Waals surface area contributed by atoms with Gasteiger partial charge in [-0.3, -0.25) is 4.90 Å². The molecule has 2 aromatic rings. The van der Waals surface area contributed by atoms with Crippen molar-refractivity contribution in [3.63, 3.8) is 0 Å². The molecule has 1 aromatic carbocycles. The number of nitrogens with two attached hydrogens (primary N) is 1. The average molecular weight is 356 g/mol. The monoisotopic (exact) mass is 356 g/mol. The molecule has 6 heteroatoms. The molecule has 2 heterocycles. The number of aromatic nitrogens is 2. The first-order valence-corrected chi connectivity index (χ1v) is 9.22. The Hall–Kier alpha value is -2.34. The maximum atomic E-state index is 12.6. The highest BCUT2D eigenvalue weighted by atomic mass is 16.6. The number of piperidine rings is 1. The van der Waals surface area contributed by atoms with Gasteiger partial charge in [-0.15, -0.1) is 0 Å². The first-order chi connectivity index (χ1) is 12.4. The van der Waals surface area contributed by atoms with Crippen LogP contribution < -0.4 is 5.73 Å². The quantitative estimate of drug-likeness (QED) is 0.908. The van der Waals surface area contributed by atoms with Gasteiger partial charge in [-0.1, -0.05) is 12.1 Å². The van der Waals surface area contributed by atoms with Gasteiger partial charge in [0.05, 0.1) is 17.4 Å². The van der Waals surface area contributed by atoms with Gasteiger partial charge in [0.15, 0.2) is 0 Å². The molecular weight excluding hydrogens is 328 g/mol. The summed E-state index contributed by atoms with van der Waals surface area (Å²) in [5.74, 6) is 0. The summed E-state index contributed by atoms with van der Waals surface area (Å²) < 4.78 is 7.43. The fourth-order valence-electron chi connectivity index (χ4n) is 3.22. The van der Waals surface area contributed by atoms with Crippen molar-refractivity contribution in [2.75, 3.05) is 6.54 Å². The van der Waals surface area contributed by atoms with Crippen LogP contribution in [0.3, 0.4) is 0 Å². The molecule has 140 valence electrons. The number of hydrogen-bond donors (Lipinski definition) is 1. The van der Waals surface area contributed by atoms with Gasteiger partial charge in [0, 0.05) is 19.3 Å². The van der Waals surface area contributed by atoms with Crippen LogP contribution in [0.4, 0.5) is 4.79 Å². The van der Waals surface area contributed by atoms with Gasteiger partial charge in [0.2, 0.25) is 0 Å². The Labute approximate surface area is 154 Å². The minimum absolute atomic E-state index is 0.0387. The van der Waals surface area contributed by atoms with Crippen LogP contribution in [-0.4, -0.2) is 32.9 Å². The zero-order chi connectivity index (χ0) is 18.7. The highest BCUT2D eigenvalue weighted by molar-refractivity contribution is 5.69. The van der Waals surface area contributed by atoms with E-state index in [9.17, 15) is 4.79 Å². The number of rotatable bonds is 3. The van der Waals surface area contributed by atoms with E-state index in [4.69, 9.17) is 15.6 Å². The number of ether oxygens (including phenoxy) is 1. The Morgan fingerprint density at radius 3 is 2.62 bits per heavy atom. The summed E-state index contributed by atoms with van der Waals surface area (Å²) in [5.41, 5.74) is 8.13. The SMILES string of the molecule is CC(C)(C)OC(=O)N1CCCCC1c1ccn(-c2ccc(CN)cc2)n1. The van der Waals surface area contributed by atoms with Crippen molar-refractivity contribution in [3.8, 4) is 5.69 Å². The minimum atomic E-state index is -0.497. The Kier molecular flexibility index (Phi) is 5.32. The molecular formula is C20H28N4O2. The van der Waals surface area contributed by atoms with Crippen molar-refractivity contribution in [1.82, 2.24) is 14.7 Å². The number of nitrogens with zero attached hydrogens (tertiary/aromatic N) is 3. The van der Waals surface area contributed by atoms with Gasteiger partial charge in [-0.05, 0) is 63.8 Å². The van der Waals surface area contributed by atoms with Crippen LogP contribution in [0.25, 0.3) is 5.69 Å². The van der Waals surface area contributed by atoms with Gasteiger partial charge in [0.1, 0.15) is 5.60 Å². The largest absolute Gasteiger partial charge is 0.444 e. The molecule has 26 heavy (non-hydrogen) atoms. The molecule has 1 fully saturated rings. The van der Waals surface area contributed by atoms with E-state index < -0.39 is 5.60 Å². The van der Waals surface area contributed by atoms with E-state index in [-0.39, 0.29) is 12.1 Å². The topological polar surface area (TPSA) is 73.4 Å². The number of benzene rings is 1. The predicted octanol–water partition coefficient (Wildman–Crippen LogP) is 3.79. The van der Waals surface area contributed by atoms with Gasteiger partial charge in [-0.2, -0.15) is 5.10 Å². The number of carbonyl (C=O) groups is 1. The molecule has 1 atom stereocenters. The minimum Gasteiger partial charge on any atom is -0.444 e. The Balaban J connectivity index is 1.80. The second-order valence-corrected chi connectivity index (χ2v) is 7.74. The summed E-state index contributed by atoms with van der Waals surface area (Å²) in [6.45, 7) is 6.91. The van der Waals surface area contributed by atoms with Crippen LogP contribution in [0.2, 0.25) is 0 Å². The third kappa shape index (κ3) is 4.25. The lowest BCUT2D eigenvalue weighted by Gasteiger charge is -2.35. The third-order valence-electron chi connectivity index (χ3n) is 4.52. The summed E-state index contributed by atoms with van der Waals surface area (Å²) in [7, 11) is 0. The fourth-order valence-corrected chi connectivity index (χ4v) is 3.22. The molecule has 0 spiro atoms. The first kappa shape index (κ1) is 18.5. The van der Waals surface area contributed by atoms with Crippen LogP contribution in [0, 0.1) is 0 Å². The first-order valence-electron chi connectivity index (χ1n) is 9.22. The van der Waals surface area contributed by atoms with E-state index >= 15 is 0 Å². The zero-order valence-electron chi connectivity index (χ0n) is 15.8. The van der Waals surface area contributed by atoms with Gasteiger partial charge in [-0.25, -0.2) is 9.48 Å². The third-order valence-corrected chi connectivity index (χ3v) is 4.52. The molecule has 0 radical (unpaired) electrons. The molecule has 0 bridgehead atoms. The summed E-state index contributed by atoms with van der Waals surface area (Å²) in [4.78, 5) is 14.4. The molecule has 1 amide bonds. The van der Waals surface area contributed by atoms with E-state index in [1.54, 1.807) is 0 Å². The van der Waals surface area contributed by atoms with Crippen LogP contribution in [-0.2, 0) is 11.3 Å². The predicted molar refractivity (Wildman–Crippen MR) is 101 cm³/mol. The molecule has 1 saturated heterocycles. The molecule has 1 aliphatic rings. The number of hydrogen-bond acceptors (Lipinski definition) is 4. The van der Waals surface area contributed by atoms with Crippen molar-refractivity contribution in [2.45, 2.75) is 58.2 Å². The smallest absolute Gasteiger partial charge is 0.410 e. The Bertz CT molecular complexity index is 746. The van der Waals surface area contributed by atoms with Crippen molar-refractivity contribution in [3.05, 3.63) is 47.8 Å². The standard InChI is InChI=1S/C20H28N4O2/c1-20(2,3)26-19(25)23-12-5-4-6-18(23)17-11-13-24(22-17)16-9-7-15(14-21)8-10-16/h7-11,13,18H,4-6,12,14,21H2,1-3H3. The van der Waals surface area contributed by atoms with Crippen LogP contribution in [0.15, 0.2) is 36.5 Å². The molecule has 1 unspecified atom stereocenters. The Morgan fingerprint density at radius 2 is 1.96 bits per heavy atom. The number of likely N-dealkylation sites (tertiary alicyclic amines) is 1. The van der Waals surface area contributed by atoms with Crippen LogP contribution in [0.1, 0.15) is 57.3 Å². The van der Waals surface area contributed by atoms with E-state index in [1.165, 1.54) is 0 Å². The second kappa shape index (κ2) is 7.50. The lowest BCUT2D eigenvalue weighted by molar-refractivity contribution is 0.00897. The molecule has 1 aromatic heterocycles. The maximum absolute atomic E-state index is 12.6. The van der Waals surface area contributed by atoms with Crippen molar-refractivity contribution >= 4 is 6.09 Å². The maximum Gasteiger partial charge on any atom is 0.410 e. The molecule has 1 aliphatic heterocycles. The number of carbonyl (C=O) groups excluding carboxylic acids is 1. The lowest BCUT2D eigenvalue weighted by atomic mass is 10.00. The van der Waals surface area contributed by atoms with E-state index in [1.807, 2.05) is 66.9 Å². The Morgan fingerprint density at radius 1 is 1.23 bits per heavy atom. The highest BCUT2D eigenvalue weighted by Gasteiger charge is 2.32. The summed E-state index contributed by atoms with van der Waals surface area (Å²) in [6, 6.07) is 9.97. The van der Waals surface area contributed by atoms with E-state index in [0.29, 0.717) is 13.1 Å². The molecule has 6 nitrogen and oxygen atoms in total. The van der Waals surface area contributed by atoms with Crippen molar-refractivity contribution in [1.29, 1.82) is 0 Å². The number of amides is 1. The van der Waals surface area contributed by atoms with Gasteiger partial charge < -0.3 is 10.5 Å². The average Bonchev–Trinajstić information content (AvgIpc) is 3.10. The van der Waals surface area contributed by atoms with Crippen molar-refractivity contribution < 1.29 is 9.53 Å². The second-order valence-electron chi connectivity index (χ2n) is 7.74. The van der Waals surface area contributed by atoms with Crippen LogP contribution in [0.5, 0.6) is 0 Å². The summed E-state index contributed by atoms with van der Waals surface area (Å²) in [5, 5.41) is 4.72. The van der Waals surface area contributed by atoms with Crippen molar-refractivity contribution in [2.24, 2.45) is 5.73 Å². The highest BCUT2D eigenvalue weighted by Crippen LogP contribution is 2.31. The lowest BCUT2D eigenvalue weighted by Crippen LogP contribution is -2.42. The van der Waals surface area contributed by atoms with Gasteiger partial charge in [0.25, 0.3) is 0 Å². The molecule has 3 rings (SSSR count). The fraction of sp³-hybridized carbons (Fsp3) is 0.500. The normalized spacial score (nSPS) is 18.0. The molecule has 2 N–H and O–H groups in total. The summed E-state index contributed by atoms with van der Waals surface area (Å²) >= 11 is 0. The molecule has 0 saturated carbocycles. The zero-order valence-corrected chi connectivity index (χ0v) is 15.8. The van der Waals surface area contributed by atoms with E-state index in [2.05, 4.69) is 0 Å². The van der Waals surface area contributed by atoms with E-state index in [0.717, 1.165) is 36.2 Å². The van der Waals surface area contributed by atoms with Crippen LogP contribution >= 0.6 is 0 Å². The summed E-state index contributed by atoms with van der Waals surface area (Å²) in [6.07, 6.45) is 4.67.